The molecule has 0 bridgehead atoms. The Morgan fingerprint density at radius 2 is 1.79 bits per heavy atom. The summed E-state index contributed by atoms with van der Waals surface area (Å²) in [6.45, 7) is 2.11. The van der Waals surface area contributed by atoms with Gasteiger partial charge in [-0.3, -0.25) is 4.98 Å². The minimum absolute atomic E-state index is 0.0131. The van der Waals surface area contributed by atoms with E-state index in [0.717, 1.165) is 44.9 Å². The molecule has 142 valence electrons. The molecule has 6 heteroatoms. The minimum atomic E-state index is 0.0131. The first-order valence-electron chi connectivity index (χ1n) is 9.44. The monoisotopic (exact) mass is 381 g/mol. The highest BCUT2D eigenvalue weighted by atomic mass is 16.5. The maximum Gasteiger partial charge on any atom is 0.177 e. The first kappa shape index (κ1) is 17.3. The van der Waals surface area contributed by atoms with Crippen LogP contribution in [0.5, 0.6) is 5.75 Å². The molecular formula is C23H19N5O. The van der Waals surface area contributed by atoms with Crippen LogP contribution in [0.3, 0.4) is 0 Å². The summed E-state index contributed by atoms with van der Waals surface area (Å²) in [6.07, 6.45) is 1.73. The fourth-order valence-corrected chi connectivity index (χ4v) is 3.50. The van der Waals surface area contributed by atoms with Crippen molar-refractivity contribution in [2.45, 2.75) is 12.8 Å². The molecule has 0 saturated heterocycles. The van der Waals surface area contributed by atoms with E-state index in [0.29, 0.717) is 0 Å². The zero-order chi connectivity index (χ0) is 19.8. The van der Waals surface area contributed by atoms with Crippen molar-refractivity contribution in [3.63, 3.8) is 0 Å². The smallest absolute Gasteiger partial charge is 0.177 e. The molecule has 6 nitrogen and oxygen atoms in total. The summed E-state index contributed by atoms with van der Waals surface area (Å²) in [5.74, 6) is 1.55. The van der Waals surface area contributed by atoms with E-state index >= 15 is 0 Å². The third-order valence-corrected chi connectivity index (χ3v) is 5.16. The molecule has 0 spiro atoms. The number of nitrogens with zero attached hydrogens (tertiary/aromatic N) is 5. The molecule has 0 amide bonds. The van der Waals surface area contributed by atoms with Gasteiger partial charge in [-0.1, -0.05) is 43.3 Å². The number of aromatic nitrogens is 5. The Kier molecular flexibility index (Phi) is 4.17. The lowest BCUT2D eigenvalue weighted by atomic mass is 9.98. The van der Waals surface area contributed by atoms with E-state index in [2.05, 4.69) is 34.2 Å². The SMILES string of the molecule is COc1cnc2ccc([C@@H](C)c3nnc4ccc(-c5ccccc5)nn34)cc2c1. The Morgan fingerprint density at radius 1 is 0.931 bits per heavy atom. The number of hydrogen-bond acceptors (Lipinski definition) is 5. The van der Waals surface area contributed by atoms with Gasteiger partial charge in [0.15, 0.2) is 11.5 Å². The predicted octanol–water partition coefficient (Wildman–Crippen LogP) is 4.50. The van der Waals surface area contributed by atoms with Crippen LogP contribution in [0.1, 0.15) is 24.2 Å². The quantitative estimate of drug-likeness (QED) is 0.459. The molecule has 0 saturated carbocycles. The summed E-state index contributed by atoms with van der Waals surface area (Å²) in [5, 5.41) is 14.6. The van der Waals surface area contributed by atoms with Crippen molar-refractivity contribution in [2.24, 2.45) is 0 Å². The Labute approximate surface area is 167 Å². The number of hydrogen-bond donors (Lipinski definition) is 0. The highest BCUT2D eigenvalue weighted by molar-refractivity contribution is 5.80. The van der Waals surface area contributed by atoms with Crippen molar-refractivity contribution in [1.82, 2.24) is 24.8 Å². The van der Waals surface area contributed by atoms with Crippen LogP contribution in [0, 0.1) is 0 Å². The number of fused-ring (bicyclic) bond motifs is 2. The van der Waals surface area contributed by atoms with Gasteiger partial charge >= 0.3 is 0 Å². The number of ether oxygens (including phenoxy) is 1. The molecule has 0 aliphatic carbocycles. The summed E-state index contributed by atoms with van der Waals surface area (Å²) in [7, 11) is 1.65. The van der Waals surface area contributed by atoms with Gasteiger partial charge in [-0.05, 0) is 35.9 Å². The minimum Gasteiger partial charge on any atom is -0.495 e. The van der Waals surface area contributed by atoms with Gasteiger partial charge in [0.1, 0.15) is 5.75 Å². The number of methoxy groups -OCH3 is 1. The normalized spacial score (nSPS) is 12.3. The summed E-state index contributed by atoms with van der Waals surface area (Å²) in [4.78, 5) is 4.44. The molecule has 0 aliphatic rings. The molecule has 0 fully saturated rings. The van der Waals surface area contributed by atoms with Crippen molar-refractivity contribution in [2.75, 3.05) is 7.11 Å². The largest absolute Gasteiger partial charge is 0.495 e. The van der Waals surface area contributed by atoms with E-state index in [-0.39, 0.29) is 5.92 Å². The fourth-order valence-electron chi connectivity index (χ4n) is 3.50. The van der Waals surface area contributed by atoms with Gasteiger partial charge in [0.2, 0.25) is 0 Å². The fraction of sp³-hybridized carbons (Fsp3) is 0.130. The molecule has 0 radical (unpaired) electrons. The predicted molar refractivity (Wildman–Crippen MR) is 112 cm³/mol. The number of pyridine rings is 1. The van der Waals surface area contributed by atoms with Gasteiger partial charge in [-0.2, -0.15) is 9.61 Å². The summed E-state index contributed by atoms with van der Waals surface area (Å²) in [5.41, 5.74) is 4.73. The van der Waals surface area contributed by atoms with Gasteiger partial charge < -0.3 is 4.74 Å². The van der Waals surface area contributed by atoms with Crippen molar-refractivity contribution >= 4 is 16.6 Å². The lowest BCUT2D eigenvalue weighted by Gasteiger charge is -2.12. The molecule has 0 unspecified atom stereocenters. The van der Waals surface area contributed by atoms with Gasteiger partial charge in [0, 0.05) is 16.9 Å². The molecule has 0 N–H and O–H groups in total. The third kappa shape index (κ3) is 3.08. The topological polar surface area (TPSA) is 65.2 Å². The summed E-state index contributed by atoms with van der Waals surface area (Å²) >= 11 is 0. The Morgan fingerprint density at radius 3 is 2.62 bits per heavy atom. The molecule has 5 aromatic rings. The zero-order valence-corrected chi connectivity index (χ0v) is 16.1. The van der Waals surface area contributed by atoms with E-state index in [1.54, 1.807) is 13.3 Å². The van der Waals surface area contributed by atoms with Gasteiger partial charge in [-0.15, -0.1) is 10.2 Å². The maximum absolute atomic E-state index is 5.31. The van der Waals surface area contributed by atoms with Crippen LogP contribution in [-0.2, 0) is 0 Å². The van der Waals surface area contributed by atoms with E-state index in [1.165, 1.54) is 0 Å². The van der Waals surface area contributed by atoms with E-state index in [4.69, 9.17) is 9.84 Å². The second-order valence-corrected chi connectivity index (χ2v) is 6.96. The van der Waals surface area contributed by atoms with E-state index in [9.17, 15) is 0 Å². The number of benzene rings is 2. The molecule has 3 aromatic heterocycles. The molecular weight excluding hydrogens is 362 g/mol. The third-order valence-electron chi connectivity index (χ3n) is 5.16. The van der Waals surface area contributed by atoms with E-state index < -0.39 is 0 Å². The van der Waals surface area contributed by atoms with Gasteiger partial charge in [0.25, 0.3) is 0 Å². The van der Waals surface area contributed by atoms with Crippen molar-refractivity contribution in [3.05, 3.63) is 84.3 Å². The molecule has 3 heterocycles. The highest BCUT2D eigenvalue weighted by Gasteiger charge is 2.18. The second kappa shape index (κ2) is 6.98. The van der Waals surface area contributed by atoms with Crippen LogP contribution < -0.4 is 4.74 Å². The lowest BCUT2D eigenvalue weighted by Crippen LogP contribution is -2.05. The van der Waals surface area contributed by atoms with Crippen molar-refractivity contribution in [3.8, 4) is 17.0 Å². The van der Waals surface area contributed by atoms with Crippen LogP contribution in [-0.4, -0.2) is 31.9 Å². The Hall–Kier alpha value is -3.80. The highest BCUT2D eigenvalue weighted by Crippen LogP contribution is 2.27. The average molecular weight is 381 g/mol. The van der Waals surface area contributed by atoms with Crippen molar-refractivity contribution < 1.29 is 4.74 Å². The first-order chi connectivity index (χ1) is 14.2. The lowest BCUT2D eigenvalue weighted by molar-refractivity contribution is 0.414. The molecule has 1 atom stereocenters. The van der Waals surface area contributed by atoms with Gasteiger partial charge in [0.05, 0.1) is 24.5 Å². The van der Waals surface area contributed by atoms with Crippen LogP contribution in [0.4, 0.5) is 0 Å². The van der Waals surface area contributed by atoms with Crippen LogP contribution in [0.25, 0.3) is 27.8 Å². The van der Waals surface area contributed by atoms with Crippen molar-refractivity contribution in [1.29, 1.82) is 0 Å². The summed E-state index contributed by atoms with van der Waals surface area (Å²) < 4.78 is 7.14. The Balaban J connectivity index is 1.58. The number of rotatable bonds is 4. The van der Waals surface area contributed by atoms with E-state index in [1.807, 2.05) is 59.1 Å². The first-order valence-corrected chi connectivity index (χ1v) is 9.44. The average Bonchev–Trinajstić information content (AvgIpc) is 3.21. The van der Waals surface area contributed by atoms with Crippen LogP contribution in [0.2, 0.25) is 0 Å². The standard InChI is InChI=1S/C23H19N5O/c1-15(17-8-9-20-18(12-17)13-19(29-2)14-24-20)23-26-25-22-11-10-21(27-28(22)23)16-6-4-3-5-7-16/h3-15H,1-2H3/t15-/m1/s1. The Bertz CT molecular complexity index is 1310. The van der Waals surface area contributed by atoms with Gasteiger partial charge in [-0.25, -0.2) is 0 Å². The van der Waals surface area contributed by atoms with Crippen LogP contribution in [0.15, 0.2) is 72.9 Å². The van der Waals surface area contributed by atoms with Crippen LogP contribution >= 0.6 is 0 Å². The zero-order valence-electron chi connectivity index (χ0n) is 16.1. The second-order valence-electron chi connectivity index (χ2n) is 6.96. The molecule has 5 rings (SSSR count). The maximum atomic E-state index is 5.31. The summed E-state index contributed by atoms with van der Waals surface area (Å²) in [6, 6.07) is 22.2. The molecule has 0 aliphatic heterocycles. The molecule has 2 aromatic carbocycles. The molecule has 29 heavy (non-hydrogen) atoms.